The summed E-state index contributed by atoms with van der Waals surface area (Å²) in [6.45, 7) is 2.79. The normalized spacial score (nSPS) is 19.4. The Balaban J connectivity index is 1.34. The Kier molecular flexibility index (Phi) is 7.53. The van der Waals surface area contributed by atoms with Crippen LogP contribution < -0.4 is 14.8 Å². The van der Waals surface area contributed by atoms with Crippen LogP contribution in [0.3, 0.4) is 0 Å². The van der Waals surface area contributed by atoms with Crippen LogP contribution in [0, 0.1) is 0 Å². The zero-order valence-electron chi connectivity index (χ0n) is 18.5. The van der Waals surface area contributed by atoms with Crippen molar-refractivity contribution in [1.29, 1.82) is 0 Å². The van der Waals surface area contributed by atoms with Gasteiger partial charge in [0.15, 0.2) is 11.5 Å². The lowest BCUT2D eigenvalue weighted by atomic mass is 10.2. The van der Waals surface area contributed by atoms with Crippen LogP contribution in [0.5, 0.6) is 11.5 Å². The number of H-pyrrole nitrogens is 1. The largest absolute Gasteiger partial charge is 0.493 e. The minimum Gasteiger partial charge on any atom is -0.493 e. The van der Waals surface area contributed by atoms with Gasteiger partial charge >= 0.3 is 0 Å². The molecule has 0 aliphatic carbocycles. The second kappa shape index (κ2) is 10.6. The highest BCUT2D eigenvalue weighted by atomic mass is 32.2. The Morgan fingerprint density at radius 3 is 2.76 bits per heavy atom. The smallest absolute Gasteiger partial charge is 0.268 e. The first kappa shape index (κ1) is 23.6. The number of aromatic amines is 1. The molecule has 0 bridgehead atoms. The molecule has 0 radical (unpaired) electrons. The molecule has 180 valence electrons. The number of rotatable bonds is 9. The maximum atomic E-state index is 12.7. The van der Waals surface area contributed by atoms with Gasteiger partial charge in [0.1, 0.15) is 17.2 Å². The second-order valence-electron chi connectivity index (χ2n) is 7.88. The van der Waals surface area contributed by atoms with Crippen molar-refractivity contribution in [3.05, 3.63) is 41.7 Å². The van der Waals surface area contributed by atoms with Crippen LogP contribution in [0.2, 0.25) is 0 Å². The summed E-state index contributed by atoms with van der Waals surface area (Å²) < 4.78 is 48.9. The van der Waals surface area contributed by atoms with Crippen LogP contribution in [-0.2, 0) is 26.0 Å². The minimum absolute atomic E-state index is 0.0592. The van der Waals surface area contributed by atoms with E-state index in [-0.39, 0.29) is 23.2 Å². The molecule has 0 saturated carbocycles. The fourth-order valence-electron chi connectivity index (χ4n) is 3.77. The third-order valence-electron chi connectivity index (χ3n) is 5.64. The van der Waals surface area contributed by atoms with E-state index in [9.17, 15) is 13.2 Å². The van der Waals surface area contributed by atoms with Gasteiger partial charge in [-0.25, -0.2) is 8.42 Å². The molecule has 33 heavy (non-hydrogen) atoms. The standard InChI is InChI=1S/C22H29N3O7S/c1-29-21-11-16(4-5-20(21)32-15-17-3-2-8-31-17)13-24-22(26)19-12-18(14-23-19)33(27,28)25-6-9-30-10-7-25/h4-5,11-12,14,17,23H,2-3,6-10,13,15H2,1H3,(H,24,26). The molecule has 11 heteroatoms. The quantitative estimate of drug-likeness (QED) is 0.560. The van der Waals surface area contributed by atoms with E-state index in [0.717, 1.165) is 25.0 Å². The van der Waals surface area contributed by atoms with Crippen molar-refractivity contribution in [3.63, 3.8) is 0 Å². The van der Waals surface area contributed by atoms with Crippen molar-refractivity contribution in [2.75, 3.05) is 46.6 Å². The Morgan fingerprint density at radius 2 is 2.03 bits per heavy atom. The number of carbonyl (C=O) groups excluding carboxylic acids is 1. The fourth-order valence-corrected chi connectivity index (χ4v) is 5.17. The number of carbonyl (C=O) groups is 1. The van der Waals surface area contributed by atoms with Gasteiger partial charge in [0.25, 0.3) is 5.91 Å². The number of hydrogen-bond donors (Lipinski definition) is 2. The lowest BCUT2D eigenvalue weighted by Crippen LogP contribution is -2.40. The average Bonchev–Trinajstić information content (AvgIpc) is 3.55. The summed E-state index contributed by atoms with van der Waals surface area (Å²) in [6.07, 6.45) is 3.47. The Morgan fingerprint density at radius 1 is 1.21 bits per heavy atom. The predicted octanol–water partition coefficient (Wildman–Crippen LogP) is 1.53. The molecule has 1 atom stereocenters. The monoisotopic (exact) mass is 479 g/mol. The van der Waals surface area contributed by atoms with E-state index in [1.54, 1.807) is 19.2 Å². The van der Waals surface area contributed by atoms with Crippen molar-refractivity contribution in [3.8, 4) is 11.5 Å². The minimum atomic E-state index is -3.66. The van der Waals surface area contributed by atoms with E-state index in [1.807, 2.05) is 6.07 Å². The van der Waals surface area contributed by atoms with Crippen molar-refractivity contribution in [2.24, 2.45) is 0 Å². The molecule has 2 aliphatic heterocycles. The number of nitrogens with zero attached hydrogens (tertiary/aromatic N) is 1. The summed E-state index contributed by atoms with van der Waals surface area (Å²) in [6, 6.07) is 6.80. The molecule has 2 N–H and O–H groups in total. The molecular weight excluding hydrogens is 450 g/mol. The maximum Gasteiger partial charge on any atom is 0.268 e. The summed E-state index contributed by atoms with van der Waals surface area (Å²) >= 11 is 0. The zero-order valence-corrected chi connectivity index (χ0v) is 19.4. The highest BCUT2D eigenvalue weighted by molar-refractivity contribution is 7.89. The van der Waals surface area contributed by atoms with Gasteiger partial charge < -0.3 is 29.2 Å². The van der Waals surface area contributed by atoms with Gasteiger partial charge in [-0.3, -0.25) is 4.79 Å². The molecule has 0 spiro atoms. The fraction of sp³-hybridized carbons (Fsp3) is 0.500. The van der Waals surface area contributed by atoms with Crippen LogP contribution in [0.4, 0.5) is 0 Å². The van der Waals surface area contributed by atoms with Gasteiger partial charge in [-0.2, -0.15) is 4.31 Å². The SMILES string of the molecule is COc1cc(CNC(=O)c2cc(S(=O)(=O)N3CCOCC3)c[nH]2)ccc1OCC1CCCO1. The lowest BCUT2D eigenvalue weighted by molar-refractivity contribution is 0.0669. The number of benzene rings is 1. The summed E-state index contributed by atoms with van der Waals surface area (Å²) in [5.41, 5.74) is 0.989. The van der Waals surface area contributed by atoms with Crippen LogP contribution in [0.1, 0.15) is 28.9 Å². The first-order chi connectivity index (χ1) is 16.0. The summed E-state index contributed by atoms with van der Waals surface area (Å²) in [7, 11) is -2.10. The van der Waals surface area contributed by atoms with Gasteiger partial charge in [0.2, 0.25) is 10.0 Å². The van der Waals surface area contributed by atoms with Crippen LogP contribution >= 0.6 is 0 Å². The summed E-state index contributed by atoms with van der Waals surface area (Å²) in [5.74, 6) is 0.778. The molecule has 2 aromatic rings. The summed E-state index contributed by atoms with van der Waals surface area (Å²) in [5, 5.41) is 2.79. The molecule has 2 fully saturated rings. The number of ether oxygens (including phenoxy) is 4. The molecule has 1 unspecified atom stereocenters. The molecule has 2 saturated heterocycles. The third-order valence-corrected chi connectivity index (χ3v) is 7.52. The molecular formula is C22H29N3O7S. The first-order valence-electron chi connectivity index (χ1n) is 10.9. The highest BCUT2D eigenvalue weighted by Gasteiger charge is 2.28. The van der Waals surface area contributed by atoms with E-state index in [0.29, 0.717) is 44.4 Å². The number of hydrogen-bond acceptors (Lipinski definition) is 7. The first-order valence-corrected chi connectivity index (χ1v) is 12.4. The van der Waals surface area contributed by atoms with E-state index in [1.165, 1.54) is 16.6 Å². The zero-order chi connectivity index (χ0) is 23.3. The van der Waals surface area contributed by atoms with E-state index >= 15 is 0 Å². The molecule has 10 nitrogen and oxygen atoms in total. The number of methoxy groups -OCH3 is 1. The number of amides is 1. The van der Waals surface area contributed by atoms with Crippen molar-refractivity contribution in [2.45, 2.75) is 30.4 Å². The maximum absolute atomic E-state index is 12.7. The molecule has 4 rings (SSSR count). The third kappa shape index (κ3) is 5.67. The Bertz CT molecular complexity index is 1060. The van der Waals surface area contributed by atoms with Crippen LogP contribution in [0.15, 0.2) is 35.4 Å². The molecule has 1 aromatic heterocycles. The highest BCUT2D eigenvalue weighted by Crippen LogP contribution is 2.29. The van der Waals surface area contributed by atoms with Gasteiger partial charge in [0, 0.05) is 32.4 Å². The van der Waals surface area contributed by atoms with E-state index < -0.39 is 15.9 Å². The summed E-state index contributed by atoms with van der Waals surface area (Å²) in [4.78, 5) is 15.4. The molecule has 1 amide bonds. The number of aromatic nitrogens is 1. The van der Waals surface area contributed by atoms with Crippen LogP contribution in [-0.4, -0.2) is 76.3 Å². The Labute approximate surface area is 193 Å². The lowest BCUT2D eigenvalue weighted by Gasteiger charge is -2.25. The van der Waals surface area contributed by atoms with Gasteiger partial charge in [-0.05, 0) is 36.6 Å². The van der Waals surface area contributed by atoms with Crippen molar-refractivity contribution >= 4 is 15.9 Å². The predicted molar refractivity (Wildman–Crippen MR) is 119 cm³/mol. The second-order valence-corrected chi connectivity index (χ2v) is 9.82. The van der Waals surface area contributed by atoms with E-state index in [4.69, 9.17) is 18.9 Å². The van der Waals surface area contributed by atoms with Gasteiger partial charge in [-0.1, -0.05) is 6.07 Å². The van der Waals surface area contributed by atoms with Gasteiger partial charge in [-0.15, -0.1) is 0 Å². The van der Waals surface area contributed by atoms with Crippen molar-refractivity contribution in [1.82, 2.24) is 14.6 Å². The Hall–Kier alpha value is -2.60. The number of sulfonamides is 1. The number of morpholine rings is 1. The average molecular weight is 480 g/mol. The van der Waals surface area contributed by atoms with Gasteiger partial charge in [0.05, 0.1) is 26.4 Å². The molecule has 1 aromatic carbocycles. The van der Waals surface area contributed by atoms with Crippen LogP contribution in [0.25, 0.3) is 0 Å². The topological polar surface area (TPSA) is 119 Å². The van der Waals surface area contributed by atoms with Crippen molar-refractivity contribution < 1.29 is 32.2 Å². The molecule has 3 heterocycles. The molecule has 2 aliphatic rings. The van der Waals surface area contributed by atoms with E-state index in [2.05, 4.69) is 10.3 Å². The number of nitrogens with one attached hydrogen (secondary N) is 2.